The van der Waals surface area contributed by atoms with Crippen LogP contribution in [0.1, 0.15) is 29.8 Å². The lowest BCUT2D eigenvalue weighted by atomic mass is 9.72. The first kappa shape index (κ1) is 30.5. The van der Waals surface area contributed by atoms with Gasteiger partial charge < -0.3 is 15.0 Å². The number of nitro benzene ring substituents is 1. The van der Waals surface area contributed by atoms with E-state index in [1.807, 2.05) is 0 Å². The number of likely N-dealkylation sites (tertiary alicyclic amines) is 1. The first-order valence-electron chi connectivity index (χ1n) is 12.9. The number of anilines is 1. The normalized spacial score (nSPS) is 15.3. The van der Waals surface area contributed by atoms with Gasteiger partial charge in [0.2, 0.25) is 0 Å². The van der Waals surface area contributed by atoms with Crippen LogP contribution in [0.25, 0.3) is 5.65 Å². The molecule has 0 radical (unpaired) electrons. The molecule has 0 aliphatic carbocycles. The van der Waals surface area contributed by atoms with Gasteiger partial charge in [-0.25, -0.2) is 14.2 Å². The molecule has 0 atom stereocenters. The van der Waals surface area contributed by atoms with E-state index in [0.29, 0.717) is 22.2 Å². The van der Waals surface area contributed by atoms with Gasteiger partial charge in [0.25, 0.3) is 5.69 Å². The maximum absolute atomic E-state index is 13.8. The molecule has 3 heterocycles. The molecule has 0 spiro atoms. The Kier molecular flexibility index (Phi) is 7.81. The van der Waals surface area contributed by atoms with E-state index in [0.717, 1.165) is 0 Å². The summed E-state index contributed by atoms with van der Waals surface area (Å²) in [5, 5.41) is 17.1. The first-order chi connectivity index (χ1) is 20.6. The van der Waals surface area contributed by atoms with Crippen molar-refractivity contribution in [1.29, 1.82) is 0 Å². The van der Waals surface area contributed by atoms with Crippen molar-refractivity contribution in [3.8, 4) is 5.75 Å². The van der Waals surface area contributed by atoms with Gasteiger partial charge >= 0.3 is 18.4 Å². The molecule has 4 aromatic rings. The Balaban J connectivity index is 1.40. The van der Waals surface area contributed by atoms with Crippen LogP contribution in [-0.4, -0.2) is 50.1 Å². The van der Waals surface area contributed by atoms with Crippen LogP contribution in [0.2, 0.25) is 0 Å². The topological polar surface area (TPSA) is 115 Å². The lowest BCUT2D eigenvalue weighted by molar-refractivity contribution is -0.384. The van der Waals surface area contributed by atoms with E-state index in [2.05, 4.69) is 15.4 Å². The maximum atomic E-state index is 13.8. The summed E-state index contributed by atoms with van der Waals surface area (Å²) >= 11 is 0. The zero-order valence-corrected chi connectivity index (χ0v) is 22.3. The third-order valence-electron chi connectivity index (χ3n) is 7.30. The fourth-order valence-electron chi connectivity index (χ4n) is 4.93. The molecule has 5 rings (SSSR count). The Bertz CT molecular complexity index is 1680. The fourth-order valence-corrected chi connectivity index (χ4v) is 4.93. The number of ether oxygens (including phenoxy) is 1. The molecule has 1 aliphatic heterocycles. The monoisotopic (exact) mass is 626 g/mol. The number of non-ortho nitro benzene ring substituents is 1. The molecule has 1 saturated heterocycles. The van der Waals surface area contributed by atoms with Crippen LogP contribution >= 0.6 is 0 Å². The molecule has 1 fully saturated rings. The third-order valence-corrected chi connectivity index (χ3v) is 7.30. The Morgan fingerprint density at radius 1 is 0.955 bits per heavy atom. The molecule has 1 amide bonds. The number of carbonyl (C=O) groups is 1. The van der Waals surface area contributed by atoms with Gasteiger partial charge in [-0.3, -0.25) is 10.1 Å². The van der Waals surface area contributed by atoms with Crippen molar-refractivity contribution in [2.45, 2.75) is 30.6 Å². The van der Waals surface area contributed by atoms with Crippen LogP contribution in [0.5, 0.6) is 5.75 Å². The highest BCUT2D eigenvalue weighted by Crippen LogP contribution is 2.38. The Morgan fingerprint density at radius 3 is 2.14 bits per heavy atom. The standard InChI is InChI=1S/C27H21F7N6O4/c28-17-3-1-16(2-4-17)25(9-11-38(12-10-25)24(41)44-19-7-5-18(6-8-19)40(42)43)15-35-22-13-20(26(29,30)31)36-23-14-21(27(32,33)34)37-39(22)23/h1-8,13-14,35H,9-12,15H2. The minimum Gasteiger partial charge on any atom is -0.410 e. The number of hydrogen-bond acceptors (Lipinski definition) is 7. The molecule has 17 heteroatoms. The summed E-state index contributed by atoms with van der Waals surface area (Å²) in [6, 6.07) is 11.2. The number of carbonyl (C=O) groups excluding carboxylic acids is 1. The number of fused-ring (bicyclic) bond motifs is 1. The van der Waals surface area contributed by atoms with Crippen molar-refractivity contribution in [1.82, 2.24) is 19.5 Å². The zero-order valence-electron chi connectivity index (χ0n) is 22.3. The number of rotatable bonds is 6. The van der Waals surface area contributed by atoms with Crippen LogP contribution in [0.4, 0.5) is 47.0 Å². The van der Waals surface area contributed by atoms with Gasteiger partial charge in [0.1, 0.15) is 17.4 Å². The number of halogens is 7. The molecule has 0 unspecified atom stereocenters. The lowest BCUT2D eigenvalue weighted by Crippen LogP contribution is -2.49. The van der Waals surface area contributed by atoms with Crippen molar-refractivity contribution in [3.05, 3.63) is 93.5 Å². The molecule has 2 aromatic heterocycles. The number of alkyl halides is 6. The van der Waals surface area contributed by atoms with Gasteiger partial charge in [-0.15, -0.1) is 0 Å². The van der Waals surface area contributed by atoms with Crippen LogP contribution in [0.3, 0.4) is 0 Å². The molecule has 1 N–H and O–H groups in total. The minimum atomic E-state index is -4.97. The number of hydrogen-bond donors (Lipinski definition) is 1. The van der Waals surface area contributed by atoms with E-state index in [4.69, 9.17) is 4.74 Å². The highest BCUT2D eigenvalue weighted by molar-refractivity contribution is 5.71. The SMILES string of the molecule is O=C(Oc1ccc([N+](=O)[O-])cc1)N1CCC(CNc2cc(C(F)(F)F)nc3cc(C(F)(F)F)nn23)(c2ccc(F)cc2)CC1. The first-order valence-corrected chi connectivity index (χ1v) is 12.9. The molecule has 0 bridgehead atoms. The number of piperidine rings is 1. The molecule has 0 saturated carbocycles. The van der Waals surface area contributed by atoms with Gasteiger partial charge in [-0.2, -0.15) is 36.0 Å². The molecule has 44 heavy (non-hydrogen) atoms. The summed E-state index contributed by atoms with van der Waals surface area (Å²) < 4.78 is 100. The minimum absolute atomic E-state index is 0.0669. The van der Waals surface area contributed by atoms with Gasteiger partial charge in [0.05, 0.1) is 4.92 Å². The Hall–Kier alpha value is -4.96. The largest absolute Gasteiger partial charge is 0.435 e. The lowest BCUT2D eigenvalue weighted by Gasteiger charge is -2.42. The van der Waals surface area contributed by atoms with E-state index < -0.39 is 57.5 Å². The number of benzene rings is 2. The summed E-state index contributed by atoms with van der Waals surface area (Å²) in [6.45, 7) is 0.0519. The summed E-state index contributed by atoms with van der Waals surface area (Å²) in [5.41, 5.74) is -4.06. The van der Waals surface area contributed by atoms with Gasteiger partial charge in [-0.05, 0) is 42.7 Å². The smallest absolute Gasteiger partial charge is 0.410 e. The van der Waals surface area contributed by atoms with E-state index in [1.165, 1.54) is 53.4 Å². The van der Waals surface area contributed by atoms with E-state index in [-0.39, 0.29) is 43.9 Å². The maximum Gasteiger partial charge on any atom is 0.435 e. The van der Waals surface area contributed by atoms with Crippen molar-refractivity contribution in [3.63, 3.8) is 0 Å². The number of amides is 1. The summed E-state index contributed by atoms with van der Waals surface area (Å²) in [5.74, 6) is -0.876. The number of nitrogens with one attached hydrogen (secondary N) is 1. The summed E-state index contributed by atoms with van der Waals surface area (Å²) in [7, 11) is 0. The second kappa shape index (κ2) is 11.3. The Morgan fingerprint density at radius 2 is 1.57 bits per heavy atom. The average Bonchev–Trinajstić information content (AvgIpc) is 3.42. The van der Waals surface area contributed by atoms with E-state index >= 15 is 0 Å². The van der Waals surface area contributed by atoms with Crippen molar-refractivity contribution < 1.29 is 45.2 Å². The molecule has 10 nitrogen and oxygen atoms in total. The number of nitrogens with zero attached hydrogens (tertiary/aromatic N) is 5. The van der Waals surface area contributed by atoms with Gasteiger partial charge in [0, 0.05) is 49.3 Å². The molecular weight excluding hydrogens is 605 g/mol. The summed E-state index contributed by atoms with van der Waals surface area (Å²) in [4.78, 5) is 27.7. The highest BCUT2D eigenvalue weighted by atomic mass is 19.4. The number of nitro groups is 1. The van der Waals surface area contributed by atoms with E-state index in [9.17, 15) is 45.6 Å². The average molecular weight is 626 g/mol. The zero-order chi connectivity index (χ0) is 31.9. The predicted octanol–water partition coefficient (Wildman–Crippen LogP) is 6.46. The van der Waals surface area contributed by atoms with Crippen molar-refractivity contribution in [2.24, 2.45) is 0 Å². The molecule has 1 aliphatic rings. The van der Waals surface area contributed by atoms with Crippen LogP contribution in [0, 0.1) is 15.9 Å². The molecule has 232 valence electrons. The Labute approximate surface area is 243 Å². The van der Waals surface area contributed by atoms with Crippen molar-refractivity contribution in [2.75, 3.05) is 25.0 Å². The van der Waals surface area contributed by atoms with Crippen LogP contribution < -0.4 is 10.1 Å². The van der Waals surface area contributed by atoms with Crippen molar-refractivity contribution >= 4 is 23.2 Å². The quantitative estimate of drug-likeness (QED) is 0.148. The molecule has 2 aromatic carbocycles. The third kappa shape index (κ3) is 6.35. The highest BCUT2D eigenvalue weighted by Gasteiger charge is 2.40. The second-order valence-electron chi connectivity index (χ2n) is 10.1. The van der Waals surface area contributed by atoms with Gasteiger partial charge in [-0.1, -0.05) is 12.1 Å². The molecular formula is C27H21F7N6O4. The second-order valence-corrected chi connectivity index (χ2v) is 10.1. The fraction of sp³-hybridized carbons (Fsp3) is 0.296. The van der Waals surface area contributed by atoms with E-state index in [1.54, 1.807) is 0 Å². The predicted molar refractivity (Wildman–Crippen MR) is 139 cm³/mol. The number of aromatic nitrogens is 3. The van der Waals surface area contributed by atoms with Crippen LogP contribution in [0.15, 0.2) is 60.7 Å². The van der Waals surface area contributed by atoms with Gasteiger partial charge in [0.15, 0.2) is 17.0 Å². The van der Waals surface area contributed by atoms with Crippen LogP contribution in [-0.2, 0) is 17.8 Å². The summed E-state index contributed by atoms with van der Waals surface area (Å²) in [6.07, 6.45) is -10.2.